The van der Waals surface area contributed by atoms with Gasteiger partial charge in [0.15, 0.2) is 5.71 Å². The summed E-state index contributed by atoms with van der Waals surface area (Å²) in [5.41, 5.74) is 3.99. The van der Waals surface area contributed by atoms with Crippen LogP contribution in [0.3, 0.4) is 0 Å². The average molecular weight is 644 g/mol. The van der Waals surface area contributed by atoms with Crippen molar-refractivity contribution >= 4 is 43.3 Å². The molecule has 2 aliphatic heterocycles. The second kappa shape index (κ2) is 12.1. The Hall–Kier alpha value is -3.58. The van der Waals surface area contributed by atoms with Crippen molar-refractivity contribution in [2.45, 2.75) is 73.5 Å². The van der Waals surface area contributed by atoms with Gasteiger partial charge in [0.05, 0.1) is 15.2 Å². The number of nitrogens with zero attached hydrogens (tertiary/aromatic N) is 2. The van der Waals surface area contributed by atoms with Crippen LogP contribution in [0.15, 0.2) is 82.3 Å². The lowest BCUT2D eigenvalue weighted by molar-refractivity contribution is -0.401. The molecule has 10 nitrogen and oxygen atoms in total. The Morgan fingerprint density at radius 2 is 1.50 bits per heavy atom. The van der Waals surface area contributed by atoms with Crippen LogP contribution in [0.5, 0.6) is 0 Å². The Balaban J connectivity index is 1.62. The van der Waals surface area contributed by atoms with Gasteiger partial charge in [-0.05, 0) is 75.6 Å². The van der Waals surface area contributed by atoms with Crippen LogP contribution in [0.4, 0.5) is 11.4 Å². The van der Waals surface area contributed by atoms with Gasteiger partial charge in [0.1, 0.15) is 7.05 Å². The van der Waals surface area contributed by atoms with Crippen LogP contribution in [0.1, 0.15) is 64.0 Å². The average Bonchev–Trinajstić information content (AvgIpc) is 3.25. The summed E-state index contributed by atoms with van der Waals surface area (Å²) in [4.78, 5) is 12.6. The summed E-state index contributed by atoms with van der Waals surface area (Å²) >= 11 is 0. The van der Waals surface area contributed by atoms with Crippen LogP contribution in [-0.2, 0) is 35.9 Å². The van der Waals surface area contributed by atoms with E-state index in [2.05, 4.69) is 0 Å². The number of anilines is 1. The van der Waals surface area contributed by atoms with Gasteiger partial charge in [-0.15, -0.1) is 0 Å². The number of fused-ring (bicyclic) bond motifs is 2. The molecule has 0 saturated heterocycles. The van der Waals surface area contributed by atoms with E-state index in [-0.39, 0.29) is 16.2 Å². The van der Waals surface area contributed by atoms with Crippen molar-refractivity contribution in [3.8, 4) is 0 Å². The number of benzene rings is 2. The minimum Gasteiger partial charge on any atom is -0.481 e. The van der Waals surface area contributed by atoms with Gasteiger partial charge in [0.2, 0.25) is 5.69 Å². The summed E-state index contributed by atoms with van der Waals surface area (Å²) < 4.78 is 68.5. The van der Waals surface area contributed by atoms with Crippen molar-refractivity contribution in [1.29, 1.82) is 0 Å². The highest BCUT2D eigenvalue weighted by atomic mass is 32.2. The van der Waals surface area contributed by atoms with E-state index in [9.17, 15) is 30.7 Å². The number of hydrogen-bond acceptors (Lipinski definition) is 6. The van der Waals surface area contributed by atoms with Crippen LogP contribution >= 0.6 is 0 Å². The number of allylic oxidation sites excluding steroid dienone is 6. The fraction of sp³-hybridized carbons (Fsp3) is 0.375. The first-order valence-corrected chi connectivity index (χ1v) is 17.1. The van der Waals surface area contributed by atoms with Crippen molar-refractivity contribution in [2.75, 3.05) is 19.0 Å². The molecule has 4 rings (SSSR count). The molecule has 0 radical (unpaired) electrons. The van der Waals surface area contributed by atoms with Crippen molar-refractivity contribution in [3.05, 3.63) is 83.6 Å². The second-order valence-electron chi connectivity index (χ2n) is 12.0. The van der Waals surface area contributed by atoms with Gasteiger partial charge >= 0.3 is 5.97 Å². The van der Waals surface area contributed by atoms with Gasteiger partial charge in [0.25, 0.3) is 20.2 Å². The van der Waals surface area contributed by atoms with E-state index in [4.69, 9.17) is 5.11 Å². The zero-order valence-electron chi connectivity index (χ0n) is 25.5. The lowest BCUT2D eigenvalue weighted by Crippen LogP contribution is -2.26. The molecule has 0 bridgehead atoms. The van der Waals surface area contributed by atoms with Crippen LogP contribution in [0, 0.1) is 0 Å². The smallest absolute Gasteiger partial charge is 0.303 e. The number of carbonyl (C=O) groups is 1. The lowest BCUT2D eigenvalue weighted by Gasteiger charge is -2.29. The third-order valence-electron chi connectivity index (χ3n) is 8.75. The molecule has 0 aliphatic carbocycles. The van der Waals surface area contributed by atoms with E-state index in [0.717, 1.165) is 40.3 Å². The molecule has 0 saturated carbocycles. The summed E-state index contributed by atoms with van der Waals surface area (Å²) in [7, 11) is -4.92. The van der Waals surface area contributed by atoms with Crippen LogP contribution in [0.2, 0.25) is 0 Å². The highest BCUT2D eigenvalue weighted by Crippen LogP contribution is 2.50. The molecule has 12 heteroatoms. The highest BCUT2D eigenvalue weighted by Gasteiger charge is 2.44. The SMILES string of the molecule is CN1\C(=C/C=C/C=C/C2=[N+](C)c3ccc(S(=O)(=O)O)cc3C2(C)C)C(C)(CCCCCC(=O)O)c2cc(S(=O)(=O)O)ccc21. The maximum absolute atomic E-state index is 11.9. The molecule has 1 atom stereocenters. The summed E-state index contributed by atoms with van der Waals surface area (Å²) in [6.45, 7) is 6.00. The van der Waals surface area contributed by atoms with Gasteiger partial charge < -0.3 is 10.0 Å². The highest BCUT2D eigenvalue weighted by molar-refractivity contribution is 7.86. The monoisotopic (exact) mass is 643 g/mol. The summed E-state index contributed by atoms with van der Waals surface area (Å²) in [5.74, 6) is -0.837. The molecule has 236 valence electrons. The number of unbranched alkanes of at least 4 members (excludes halogenated alkanes) is 2. The van der Waals surface area contributed by atoms with Gasteiger partial charge in [-0.2, -0.15) is 21.4 Å². The van der Waals surface area contributed by atoms with Crippen LogP contribution in [-0.4, -0.2) is 61.4 Å². The van der Waals surface area contributed by atoms with E-state index in [1.165, 1.54) is 24.3 Å². The normalized spacial score (nSPS) is 20.7. The van der Waals surface area contributed by atoms with E-state index in [0.29, 0.717) is 19.3 Å². The number of carboxylic acid groups (broad SMARTS) is 1. The molecule has 0 spiro atoms. The molecule has 0 fully saturated rings. The first-order valence-electron chi connectivity index (χ1n) is 14.3. The molecule has 0 aromatic heterocycles. The van der Waals surface area contributed by atoms with Gasteiger partial charge in [0, 0.05) is 48.0 Å². The molecule has 3 N–H and O–H groups in total. The zero-order chi connectivity index (χ0) is 32.7. The first-order chi connectivity index (χ1) is 20.4. The third kappa shape index (κ3) is 6.44. The third-order valence-corrected chi connectivity index (χ3v) is 10.4. The molecule has 1 unspecified atom stereocenters. The number of aliphatic carboxylic acids is 1. The molecular weight excluding hydrogens is 604 g/mol. The zero-order valence-corrected chi connectivity index (χ0v) is 27.1. The van der Waals surface area contributed by atoms with Gasteiger partial charge in [-0.25, -0.2) is 0 Å². The Bertz CT molecular complexity index is 1840. The first kappa shape index (κ1) is 33.3. The van der Waals surface area contributed by atoms with E-state index >= 15 is 0 Å². The quantitative estimate of drug-likeness (QED) is 0.123. The van der Waals surface area contributed by atoms with E-state index in [1.807, 2.05) is 74.7 Å². The Labute approximate surface area is 259 Å². The molecule has 2 aromatic carbocycles. The summed E-state index contributed by atoms with van der Waals surface area (Å²) in [5, 5.41) is 8.98. The van der Waals surface area contributed by atoms with E-state index < -0.39 is 37.0 Å². The summed E-state index contributed by atoms with van der Waals surface area (Å²) in [6.07, 6.45) is 12.3. The van der Waals surface area contributed by atoms with Crippen molar-refractivity contribution in [1.82, 2.24) is 0 Å². The van der Waals surface area contributed by atoms with Crippen molar-refractivity contribution < 1.29 is 40.4 Å². The Morgan fingerprint density at radius 3 is 2.11 bits per heavy atom. The number of hydrogen-bond donors (Lipinski definition) is 3. The molecule has 2 aliphatic rings. The lowest BCUT2D eigenvalue weighted by atomic mass is 9.77. The maximum atomic E-state index is 11.9. The predicted octanol–water partition coefficient (Wildman–Crippen LogP) is 5.63. The summed E-state index contributed by atoms with van der Waals surface area (Å²) in [6, 6.07) is 9.16. The number of carboxylic acids is 1. The Morgan fingerprint density at radius 1 is 0.886 bits per heavy atom. The molecule has 2 aromatic rings. The fourth-order valence-corrected chi connectivity index (χ4v) is 7.38. The van der Waals surface area contributed by atoms with Crippen LogP contribution in [0.25, 0.3) is 0 Å². The van der Waals surface area contributed by atoms with Crippen molar-refractivity contribution in [3.63, 3.8) is 0 Å². The fourth-order valence-electron chi connectivity index (χ4n) is 6.37. The number of likely N-dealkylation sites (N-methyl/N-ethyl adjacent to an activating group) is 1. The predicted molar refractivity (Wildman–Crippen MR) is 169 cm³/mol. The van der Waals surface area contributed by atoms with Crippen molar-refractivity contribution in [2.24, 2.45) is 0 Å². The molecule has 0 amide bonds. The largest absolute Gasteiger partial charge is 0.481 e. The van der Waals surface area contributed by atoms with Gasteiger partial charge in [-0.1, -0.05) is 31.1 Å². The standard InChI is InChI=1S/C32H38N2O8S2/c1-31(2)24-20-22(43(37,38)39)15-17-26(24)33(4)28(31)12-8-6-9-13-29-32(3,19-11-7-10-14-30(35)36)25-21-23(44(40,41)42)16-18-27(25)34(29)5/h6,8-9,12-13,15-18,20-21H,7,10-11,14,19H2,1-5H3,(H2-,35,36,37,38,39,40,41,42)/p+1. The topological polar surface area (TPSA) is 152 Å². The molecule has 2 heterocycles. The minimum absolute atomic E-state index is 0.0929. The minimum atomic E-state index is -4.40. The van der Waals surface area contributed by atoms with Gasteiger partial charge in [-0.3, -0.25) is 13.9 Å². The number of rotatable bonds is 11. The maximum Gasteiger partial charge on any atom is 0.303 e. The van der Waals surface area contributed by atoms with E-state index in [1.54, 1.807) is 12.1 Å². The Kier molecular flexibility index (Phi) is 9.14. The molecular formula is C32H39N2O8S2+. The molecule has 44 heavy (non-hydrogen) atoms. The van der Waals surface area contributed by atoms with Crippen LogP contribution < -0.4 is 4.90 Å². The second-order valence-corrected chi connectivity index (χ2v) is 14.9.